The zero-order valence-corrected chi connectivity index (χ0v) is 16.4. The number of H-pyrrole nitrogens is 1. The van der Waals surface area contributed by atoms with Crippen LogP contribution in [0.1, 0.15) is 24.2 Å². The highest BCUT2D eigenvalue weighted by Gasteiger charge is 2.27. The number of nitrogens with one attached hydrogen (secondary N) is 1. The molecule has 0 atom stereocenters. The number of tetrazole rings is 1. The van der Waals surface area contributed by atoms with E-state index in [0.29, 0.717) is 22.3 Å². The average molecular weight is 425 g/mol. The Morgan fingerprint density at radius 2 is 1.94 bits per heavy atom. The number of hydrogen-bond donors (Lipinski definition) is 2. The van der Waals surface area contributed by atoms with E-state index in [1.54, 1.807) is 12.1 Å². The van der Waals surface area contributed by atoms with Crippen LogP contribution in [0.2, 0.25) is 0 Å². The minimum absolute atomic E-state index is 0.0614. The van der Waals surface area contributed by atoms with Crippen molar-refractivity contribution in [1.82, 2.24) is 20.6 Å². The Balaban J connectivity index is 1.99. The maximum absolute atomic E-state index is 13.4. The monoisotopic (exact) mass is 425 g/mol. The molecular weight excluding hydrogens is 409 g/mol. The predicted octanol–water partition coefficient (Wildman–Crippen LogP) is 3.44. The van der Waals surface area contributed by atoms with Crippen molar-refractivity contribution in [1.29, 1.82) is 0 Å². The summed E-state index contributed by atoms with van der Waals surface area (Å²) in [7, 11) is 0. The number of rotatable bonds is 5. The van der Waals surface area contributed by atoms with Crippen LogP contribution in [0.3, 0.4) is 0 Å². The van der Waals surface area contributed by atoms with E-state index in [1.807, 2.05) is 13.8 Å². The molecule has 4 aromatic rings. The molecule has 31 heavy (non-hydrogen) atoms. The second kappa shape index (κ2) is 7.86. The quantitative estimate of drug-likeness (QED) is 0.365. The van der Waals surface area contributed by atoms with Gasteiger partial charge >= 0.3 is 12.1 Å². The molecule has 0 fully saturated rings. The standard InChI is InChI=1S/C20H16FN5O5/c1-9(2)29-15-7-12-14(8-13(15)18-23-25-26-24-18)30-17(10-3-5-11(21)6-4-10)16(12)19(27)31-20(22)28/h3-9H,1-2H3,(H2,22,28)(H,23,24,25,26). The number of aromatic nitrogens is 4. The van der Waals surface area contributed by atoms with Gasteiger partial charge in [0.15, 0.2) is 0 Å². The number of ether oxygens (including phenoxy) is 2. The number of nitrogens with two attached hydrogens (primary N) is 1. The van der Waals surface area contributed by atoms with Crippen LogP contribution in [0.25, 0.3) is 33.7 Å². The molecule has 2 aromatic heterocycles. The molecule has 0 aliphatic carbocycles. The summed E-state index contributed by atoms with van der Waals surface area (Å²) < 4.78 is 29.8. The predicted molar refractivity (Wildman–Crippen MR) is 106 cm³/mol. The minimum atomic E-state index is -1.27. The highest BCUT2D eigenvalue weighted by molar-refractivity contribution is 6.12. The van der Waals surface area contributed by atoms with Crippen LogP contribution in [0.4, 0.5) is 9.18 Å². The molecule has 2 aromatic carbocycles. The summed E-state index contributed by atoms with van der Waals surface area (Å²) in [4.78, 5) is 23.9. The van der Waals surface area contributed by atoms with Gasteiger partial charge in [-0.05, 0) is 55.5 Å². The van der Waals surface area contributed by atoms with E-state index in [9.17, 15) is 14.0 Å². The number of primary amides is 1. The lowest BCUT2D eigenvalue weighted by molar-refractivity contribution is 0.0640. The van der Waals surface area contributed by atoms with E-state index >= 15 is 0 Å². The number of amides is 1. The topological polar surface area (TPSA) is 146 Å². The second-order valence-corrected chi connectivity index (χ2v) is 6.77. The molecular formula is C20H16FN5O5. The fourth-order valence-electron chi connectivity index (χ4n) is 3.07. The summed E-state index contributed by atoms with van der Waals surface area (Å²) in [6.45, 7) is 3.65. The summed E-state index contributed by atoms with van der Waals surface area (Å²) in [5.74, 6) is -0.814. The highest BCUT2D eigenvalue weighted by Crippen LogP contribution is 2.40. The Labute approximate surface area is 174 Å². The number of esters is 1. The van der Waals surface area contributed by atoms with Crippen LogP contribution in [-0.4, -0.2) is 38.8 Å². The molecule has 0 unspecified atom stereocenters. The fraction of sp³-hybridized carbons (Fsp3) is 0.150. The maximum Gasteiger partial charge on any atom is 0.412 e. The number of furan rings is 1. The number of fused-ring (bicyclic) bond motifs is 1. The van der Waals surface area contributed by atoms with Crippen molar-refractivity contribution in [2.24, 2.45) is 5.73 Å². The third-order valence-electron chi connectivity index (χ3n) is 4.24. The van der Waals surface area contributed by atoms with Crippen molar-refractivity contribution in [2.75, 3.05) is 0 Å². The van der Waals surface area contributed by atoms with E-state index in [4.69, 9.17) is 14.9 Å². The summed E-state index contributed by atoms with van der Waals surface area (Å²) in [6.07, 6.45) is -1.49. The summed E-state index contributed by atoms with van der Waals surface area (Å²) in [6, 6.07) is 8.41. The Hall–Kier alpha value is -4.28. The van der Waals surface area contributed by atoms with Crippen LogP contribution >= 0.6 is 0 Å². The molecule has 0 saturated heterocycles. The van der Waals surface area contributed by atoms with Crippen molar-refractivity contribution >= 4 is 23.0 Å². The highest BCUT2D eigenvalue weighted by atomic mass is 19.1. The Morgan fingerprint density at radius 3 is 2.55 bits per heavy atom. The zero-order valence-electron chi connectivity index (χ0n) is 16.4. The molecule has 3 N–H and O–H groups in total. The number of hydrogen-bond acceptors (Lipinski definition) is 8. The first-order chi connectivity index (χ1) is 14.8. The third kappa shape index (κ3) is 3.92. The van der Waals surface area contributed by atoms with Gasteiger partial charge in [-0.15, -0.1) is 10.2 Å². The van der Waals surface area contributed by atoms with Crippen molar-refractivity contribution in [3.8, 4) is 28.5 Å². The Bertz CT molecular complexity index is 1270. The first kappa shape index (κ1) is 20.0. The molecule has 11 heteroatoms. The van der Waals surface area contributed by atoms with E-state index in [2.05, 4.69) is 25.4 Å². The smallest absolute Gasteiger partial charge is 0.412 e. The van der Waals surface area contributed by atoms with Crippen molar-refractivity contribution < 1.29 is 27.9 Å². The molecule has 0 radical (unpaired) electrons. The van der Waals surface area contributed by atoms with Crippen LogP contribution in [0, 0.1) is 5.82 Å². The van der Waals surface area contributed by atoms with Gasteiger partial charge in [-0.25, -0.2) is 14.0 Å². The lowest BCUT2D eigenvalue weighted by Crippen LogP contribution is -2.18. The van der Waals surface area contributed by atoms with Gasteiger partial charge in [0.25, 0.3) is 0 Å². The number of carbonyl (C=O) groups is 2. The molecule has 10 nitrogen and oxygen atoms in total. The Morgan fingerprint density at radius 1 is 1.19 bits per heavy atom. The van der Waals surface area contributed by atoms with Gasteiger partial charge in [-0.3, -0.25) is 0 Å². The van der Waals surface area contributed by atoms with Gasteiger partial charge in [0.05, 0.1) is 11.7 Å². The van der Waals surface area contributed by atoms with Gasteiger partial charge in [-0.2, -0.15) is 5.21 Å². The number of halogens is 1. The third-order valence-corrected chi connectivity index (χ3v) is 4.24. The molecule has 4 rings (SSSR count). The number of benzene rings is 2. The first-order valence-electron chi connectivity index (χ1n) is 9.12. The van der Waals surface area contributed by atoms with Crippen LogP contribution in [0.5, 0.6) is 5.75 Å². The molecule has 0 bridgehead atoms. The zero-order chi connectivity index (χ0) is 22.1. The number of aromatic amines is 1. The van der Waals surface area contributed by atoms with Gasteiger partial charge in [0, 0.05) is 10.9 Å². The van der Waals surface area contributed by atoms with Crippen molar-refractivity contribution in [2.45, 2.75) is 20.0 Å². The average Bonchev–Trinajstić information content (AvgIpc) is 3.34. The molecule has 0 aliphatic heterocycles. The summed E-state index contributed by atoms with van der Waals surface area (Å²) in [5.41, 5.74) is 6.07. The van der Waals surface area contributed by atoms with Gasteiger partial charge in [-0.1, -0.05) is 0 Å². The minimum Gasteiger partial charge on any atom is -0.490 e. The van der Waals surface area contributed by atoms with E-state index in [1.165, 1.54) is 24.3 Å². The SMILES string of the molecule is CC(C)Oc1cc2c(C(=O)OC(N)=O)c(-c3ccc(F)cc3)oc2cc1-c1nn[nH]n1. The van der Waals surface area contributed by atoms with E-state index in [0.717, 1.165) is 0 Å². The van der Waals surface area contributed by atoms with Crippen LogP contribution in [0.15, 0.2) is 40.8 Å². The number of carbonyl (C=O) groups excluding carboxylic acids is 2. The van der Waals surface area contributed by atoms with Crippen LogP contribution < -0.4 is 10.5 Å². The fourth-order valence-corrected chi connectivity index (χ4v) is 3.07. The lowest BCUT2D eigenvalue weighted by Gasteiger charge is -2.12. The second-order valence-electron chi connectivity index (χ2n) is 6.77. The Kier molecular flexibility index (Phi) is 5.07. The van der Waals surface area contributed by atoms with Crippen molar-refractivity contribution in [3.05, 3.63) is 47.8 Å². The number of nitrogens with zero attached hydrogens (tertiary/aromatic N) is 3. The largest absolute Gasteiger partial charge is 0.490 e. The normalized spacial score (nSPS) is 11.1. The summed E-state index contributed by atoms with van der Waals surface area (Å²) >= 11 is 0. The van der Waals surface area contributed by atoms with E-state index < -0.39 is 17.9 Å². The molecule has 0 spiro atoms. The summed E-state index contributed by atoms with van der Waals surface area (Å²) in [5, 5.41) is 14.2. The van der Waals surface area contributed by atoms with Crippen LogP contribution in [-0.2, 0) is 4.74 Å². The molecule has 0 saturated carbocycles. The molecule has 1 amide bonds. The first-order valence-corrected chi connectivity index (χ1v) is 9.12. The molecule has 158 valence electrons. The van der Waals surface area contributed by atoms with Gasteiger partial charge in [0.2, 0.25) is 5.82 Å². The lowest BCUT2D eigenvalue weighted by atomic mass is 10.0. The van der Waals surface area contributed by atoms with E-state index in [-0.39, 0.29) is 28.8 Å². The van der Waals surface area contributed by atoms with Gasteiger partial charge in [0.1, 0.15) is 28.5 Å². The molecule has 2 heterocycles. The maximum atomic E-state index is 13.4. The molecule has 0 aliphatic rings. The van der Waals surface area contributed by atoms with Crippen molar-refractivity contribution in [3.63, 3.8) is 0 Å². The van der Waals surface area contributed by atoms with Gasteiger partial charge < -0.3 is 19.6 Å².